The largest absolute Gasteiger partial charge is 0.398 e. The Morgan fingerprint density at radius 1 is 1.16 bits per heavy atom. The monoisotopic (exact) mass is 255 g/mol. The van der Waals surface area contributed by atoms with Crippen LogP contribution in [0.3, 0.4) is 0 Å². The first-order chi connectivity index (χ1) is 9.20. The molecular formula is C15H17N3O. The number of pyridine rings is 1. The molecule has 2 rings (SSSR count). The lowest BCUT2D eigenvalue weighted by Crippen LogP contribution is -2.07. The van der Waals surface area contributed by atoms with Crippen molar-refractivity contribution in [1.82, 2.24) is 4.98 Å². The molecular weight excluding hydrogens is 238 g/mol. The molecule has 0 fully saturated rings. The van der Waals surface area contributed by atoms with E-state index in [9.17, 15) is 4.79 Å². The van der Waals surface area contributed by atoms with E-state index in [1.54, 1.807) is 18.5 Å². The fraction of sp³-hybridized carbons (Fsp3) is 0.200. The first-order valence-corrected chi connectivity index (χ1v) is 6.21. The van der Waals surface area contributed by atoms with Gasteiger partial charge in [0.2, 0.25) is 0 Å². The molecule has 19 heavy (non-hydrogen) atoms. The zero-order chi connectivity index (χ0) is 13.7. The number of Topliss-reactive ketones (excluding diaryl/α,β-unsaturated/α-hetero) is 1. The molecule has 0 saturated heterocycles. The van der Waals surface area contributed by atoms with Gasteiger partial charge < -0.3 is 11.5 Å². The molecule has 4 N–H and O–H groups in total. The molecule has 2 aromatic rings. The van der Waals surface area contributed by atoms with E-state index in [1.807, 2.05) is 24.3 Å². The number of rotatable bonds is 5. The molecule has 0 spiro atoms. The van der Waals surface area contributed by atoms with Crippen LogP contribution < -0.4 is 11.5 Å². The van der Waals surface area contributed by atoms with Crippen LogP contribution in [0, 0.1) is 0 Å². The highest BCUT2D eigenvalue weighted by molar-refractivity contribution is 5.98. The molecule has 0 radical (unpaired) electrons. The van der Waals surface area contributed by atoms with Crippen LogP contribution in [-0.2, 0) is 12.8 Å². The van der Waals surface area contributed by atoms with Crippen molar-refractivity contribution in [2.45, 2.75) is 12.8 Å². The molecule has 4 nitrogen and oxygen atoms in total. The van der Waals surface area contributed by atoms with Crippen LogP contribution in [0.2, 0.25) is 0 Å². The summed E-state index contributed by atoms with van der Waals surface area (Å²) in [4.78, 5) is 16.1. The summed E-state index contributed by atoms with van der Waals surface area (Å²) in [6.45, 7) is 0.611. The van der Waals surface area contributed by atoms with Gasteiger partial charge in [0.1, 0.15) is 0 Å². The summed E-state index contributed by atoms with van der Waals surface area (Å²) in [6, 6.07) is 9.24. The van der Waals surface area contributed by atoms with Gasteiger partial charge in [-0.1, -0.05) is 24.3 Å². The standard InChI is InChI=1S/C15H17N3O/c16-7-5-11-1-3-12(4-2-11)15(19)9-13-10-18-8-6-14(13)17/h1-4,6,8,10H,5,7,9,16H2,(H2,17,18). The van der Waals surface area contributed by atoms with Crippen LogP contribution in [0.1, 0.15) is 21.5 Å². The SMILES string of the molecule is NCCc1ccc(C(=O)Cc2cnccc2N)cc1. The smallest absolute Gasteiger partial charge is 0.167 e. The molecule has 98 valence electrons. The van der Waals surface area contributed by atoms with Crippen LogP contribution in [0.4, 0.5) is 5.69 Å². The first kappa shape index (κ1) is 13.2. The van der Waals surface area contributed by atoms with Crippen LogP contribution in [-0.4, -0.2) is 17.3 Å². The topological polar surface area (TPSA) is 82.0 Å². The van der Waals surface area contributed by atoms with Crippen molar-refractivity contribution < 1.29 is 4.79 Å². The summed E-state index contributed by atoms with van der Waals surface area (Å²) >= 11 is 0. The van der Waals surface area contributed by atoms with Gasteiger partial charge >= 0.3 is 0 Å². The predicted octanol–water partition coefficient (Wildman–Crippen LogP) is 1.59. The van der Waals surface area contributed by atoms with Crippen molar-refractivity contribution in [3.8, 4) is 0 Å². The van der Waals surface area contributed by atoms with E-state index >= 15 is 0 Å². The number of nitrogens with zero attached hydrogens (tertiary/aromatic N) is 1. The number of nitrogens with two attached hydrogens (primary N) is 2. The summed E-state index contributed by atoms with van der Waals surface area (Å²) in [6.07, 6.45) is 4.35. The second kappa shape index (κ2) is 6.11. The van der Waals surface area contributed by atoms with Gasteiger partial charge in [0.15, 0.2) is 5.78 Å². The minimum atomic E-state index is 0.0407. The highest BCUT2D eigenvalue weighted by atomic mass is 16.1. The lowest BCUT2D eigenvalue weighted by atomic mass is 10.0. The van der Waals surface area contributed by atoms with Crippen molar-refractivity contribution >= 4 is 11.5 Å². The third kappa shape index (κ3) is 3.39. The van der Waals surface area contributed by atoms with E-state index in [1.165, 1.54) is 0 Å². The zero-order valence-corrected chi connectivity index (χ0v) is 10.7. The Kier molecular flexibility index (Phi) is 4.26. The second-order valence-electron chi connectivity index (χ2n) is 4.41. The first-order valence-electron chi connectivity index (χ1n) is 6.21. The summed E-state index contributed by atoms with van der Waals surface area (Å²) in [7, 11) is 0. The van der Waals surface area contributed by atoms with E-state index in [0.717, 1.165) is 17.5 Å². The maximum Gasteiger partial charge on any atom is 0.167 e. The van der Waals surface area contributed by atoms with Gasteiger partial charge in [0.25, 0.3) is 0 Å². The lowest BCUT2D eigenvalue weighted by Gasteiger charge is -2.05. The van der Waals surface area contributed by atoms with E-state index in [0.29, 0.717) is 17.8 Å². The number of carbonyl (C=O) groups excluding carboxylic acids is 1. The summed E-state index contributed by atoms with van der Waals surface area (Å²) in [5.74, 6) is 0.0407. The molecule has 0 atom stereocenters. The van der Waals surface area contributed by atoms with Gasteiger partial charge in [0, 0.05) is 35.6 Å². The van der Waals surface area contributed by atoms with Crippen LogP contribution in [0.25, 0.3) is 0 Å². The third-order valence-electron chi connectivity index (χ3n) is 3.00. The minimum Gasteiger partial charge on any atom is -0.398 e. The molecule has 1 aromatic heterocycles. The fourth-order valence-corrected chi connectivity index (χ4v) is 1.88. The summed E-state index contributed by atoms with van der Waals surface area (Å²) < 4.78 is 0. The second-order valence-corrected chi connectivity index (χ2v) is 4.41. The predicted molar refractivity (Wildman–Crippen MR) is 75.9 cm³/mol. The maximum absolute atomic E-state index is 12.1. The molecule has 0 unspecified atom stereocenters. The number of nitrogen functional groups attached to an aromatic ring is 1. The molecule has 0 aliphatic heterocycles. The Labute approximate surface area is 112 Å². The number of benzene rings is 1. The number of carbonyl (C=O) groups is 1. The number of ketones is 1. The molecule has 4 heteroatoms. The highest BCUT2D eigenvalue weighted by Gasteiger charge is 2.09. The van der Waals surface area contributed by atoms with Crippen LogP contribution >= 0.6 is 0 Å². The Morgan fingerprint density at radius 3 is 2.53 bits per heavy atom. The number of anilines is 1. The van der Waals surface area contributed by atoms with Gasteiger partial charge in [-0.25, -0.2) is 0 Å². The molecule has 0 saturated carbocycles. The van der Waals surface area contributed by atoms with E-state index in [4.69, 9.17) is 11.5 Å². The molecule has 0 bridgehead atoms. The number of hydrogen-bond acceptors (Lipinski definition) is 4. The average Bonchev–Trinajstić information content (AvgIpc) is 2.42. The van der Waals surface area contributed by atoms with Crippen LogP contribution in [0.15, 0.2) is 42.7 Å². The molecule has 0 aliphatic carbocycles. The Bertz CT molecular complexity index is 564. The van der Waals surface area contributed by atoms with Crippen molar-refractivity contribution in [3.63, 3.8) is 0 Å². The van der Waals surface area contributed by atoms with Gasteiger partial charge in [-0.2, -0.15) is 0 Å². The van der Waals surface area contributed by atoms with Gasteiger partial charge in [-0.05, 0) is 24.6 Å². The maximum atomic E-state index is 12.1. The van der Waals surface area contributed by atoms with Crippen molar-refractivity contribution in [1.29, 1.82) is 0 Å². The average molecular weight is 255 g/mol. The van der Waals surface area contributed by atoms with Gasteiger partial charge in [-0.15, -0.1) is 0 Å². The fourth-order valence-electron chi connectivity index (χ4n) is 1.88. The third-order valence-corrected chi connectivity index (χ3v) is 3.00. The van der Waals surface area contributed by atoms with Crippen molar-refractivity contribution in [3.05, 3.63) is 59.4 Å². The van der Waals surface area contributed by atoms with E-state index < -0.39 is 0 Å². The lowest BCUT2D eigenvalue weighted by molar-refractivity contribution is 0.0993. The number of aromatic nitrogens is 1. The van der Waals surface area contributed by atoms with Crippen molar-refractivity contribution in [2.24, 2.45) is 5.73 Å². The molecule has 1 aromatic carbocycles. The quantitative estimate of drug-likeness (QED) is 0.795. The van der Waals surface area contributed by atoms with Gasteiger partial charge in [0.05, 0.1) is 0 Å². The number of hydrogen-bond donors (Lipinski definition) is 2. The normalized spacial score (nSPS) is 10.4. The van der Waals surface area contributed by atoms with Crippen molar-refractivity contribution in [2.75, 3.05) is 12.3 Å². The van der Waals surface area contributed by atoms with Gasteiger partial charge in [-0.3, -0.25) is 9.78 Å². The zero-order valence-electron chi connectivity index (χ0n) is 10.7. The van der Waals surface area contributed by atoms with E-state index in [-0.39, 0.29) is 12.2 Å². The molecule has 1 heterocycles. The highest BCUT2D eigenvalue weighted by Crippen LogP contribution is 2.13. The Hall–Kier alpha value is -2.20. The van der Waals surface area contributed by atoms with Crippen LogP contribution in [0.5, 0.6) is 0 Å². The Balaban J connectivity index is 2.10. The Morgan fingerprint density at radius 2 is 1.89 bits per heavy atom. The molecule has 0 amide bonds. The van der Waals surface area contributed by atoms with E-state index in [2.05, 4.69) is 4.98 Å². The minimum absolute atomic E-state index is 0.0407. The summed E-state index contributed by atoms with van der Waals surface area (Å²) in [5, 5.41) is 0. The summed E-state index contributed by atoms with van der Waals surface area (Å²) in [5.41, 5.74) is 14.5. The molecule has 0 aliphatic rings.